The average molecular weight is 302 g/mol. The number of nitrogens with zero attached hydrogens (tertiary/aromatic N) is 3. The quantitative estimate of drug-likeness (QED) is 0.930. The molecule has 1 aromatic rings. The highest BCUT2D eigenvalue weighted by Crippen LogP contribution is 2.30. The maximum atomic E-state index is 11.5. The highest BCUT2D eigenvalue weighted by Gasteiger charge is 2.21. The third-order valence-corrected chi connectivity index (χ3v) is 4.93. The SMILES string of the molecule is C[C@@H]1CNC(=O)CCN1Cc1cnc(C2CCCCC2)nc1. The van der Waals surface area contributed by atoms with Gasteiger partial charge in [0.15, 0.2) is 0 Å². The Morgan fingerprint density at radius 3 is 2.68 bits per heavy atom. The number of rotatable bonds is 3. The Kier molecular flexibility index (Phi) is 5.03. The second kappa shape index (κ2) is 7.18. The molecule has 0 bridgehead atoms. The first-order valence-electron chi connectivity index (χ1n) is 8.54. The fourth-order valence-electron chi connectivity index (χ4n) is 3.43. The summed E-state index contributed by atoms with van der Waals surface area (Å²) in [5.41, 5.74) is 1.14. The molecule has 1 aromatic heterocycles. The minimum absolute atomic E-state index is 0.151. The molecule has 5 heteroatoms. The lowest BCUT2D eigenvalue weighted by molar-refractivity contribution is -0.120. The average Bonchev–Trinajstić information content (AvgIpc) is 2.72. The third kappa shape index (κ3) is 3.83. The lowest BCUT2D eigenvalue weighted by Gasteiger charge is -2.26. The van der Waals surface area contributed by atoms with Gasteiger partial charge >= 0.3 is 0 Å². The first-order chi connectivity index (χ1) is 10.7. The number of hydrogen-bond acceptors (Lipinski definition) is 4. The Morgan fingerprint density at radius 1 is 1.23 bits per heavy atom. The smallest absolute Gasteiger partial charge is 0.221 e. The minimum atomic E-state index is 0.151. The van der Waals surface area contributed by atoms with Crippen molar-refractivity contribution >= 4 is 5.91 Å². The second-order valence-electron chi connectivity index (χ2n) is 6.66. The van der Waals surface area contributed by atoms with Gasteiger partial charge in [-0.1, -0.05) is 19.3 Å². The second-order valence-corrected chi connectivity index (χ2v) is 6.66. The van der Waals surface area contributed by atoms with Gasteiger partial charge in [0.25, 0.3) is 0 Å². The van der Waals surface area contributed by atoms with E-state index < -0.39 is 0 Å². The zero-order valence-corrected chi connectivity index (χ0v) is 13.4. The Labute approximate surface area is 132 Å². The summed E-state index contributed by atoms with van der Waals surface area (Å²) < 4.78 is 0. The topological polar surface area (TPSA) is 58.1 Å². The molecule has 0 aromatic carbocycles. The van der Waals surface area contributed by atoms with Gasteiger partial charge in [-0.05, 0) is 19.8 Å². The highest BCUT2D eigenvalue weighted by molar-refractivity contribution is 5.76. The summed E-state index contributed by atoms with van der Waals surface area (Å²) in [6, 6.07) is 0.351. The molecule has 1 N–H and O–H groups in total. The molecule has 2 heterocycles. The van der Waals surface area contributed by atoms with E-state index >= 15 is 0 Å². The van der Waals surface area contributed by atoms with E-state index in [0.29, 0.717) is 18.4 Å². The van der Waals surface area contributed by atoms with Crippen molar-refractivity contribution in [3.8, 4) is 0 Å². The van der Waals surface area contributed by atoms with E-state index in [4.69, 9.17) is 0 Å². The van der Waals surface area contributed by atoms with Crippen LogP contribution in [-0.2, 0) is 11.3 Å². The van der Waals surface area contributed by atoms with Gasteiger partial charge in [0.1, 0.15) is 5.82 Å². The number of hydrogen-bond donors (Lipinski definition) is 1. The maximum absolute atomic E-state index is 11.5. The number of amides is 1. The van der Waals surface area contributed by atoms with Crippen LogP contribution < -0.4 is 5.32 Å². The van der Waals surface area contributed by atoms with E-state index in [9.17, 15) is 4.79 Å². The van der Waals surface area contributed by atoms with Crippen LogP contribution in [0.3, 0.4) is 0 Å². The summed E-state index contributed by atoms with van der Waals surface area (Å²) in [5.74, 6) is 1.73. The van der Waals surface area contributed by atoms with Crippen LogP contribution in [0.25, 0.3) is 0 Å². The molecule has 1 atom stereocenters. The lowest BCUT2D eigenvalue weighted by Crippen LogP contribution is -2.37. The fourth-order valence-corrected chi connectivity index (χ4v) is 3.43. The van der Waals surface area contributed by atoms with Crippen LogP contribution >= 0.6 is 0 Å². The van der Waals surface area contributed by atoms with E-state index in [1.807, 2.05) is 12.4 Å². The van der Waals surface area contributed by atoms with Crippen molar-refractivity contribution in [1.82, 2.24) is 20.2 Å². The van der Waals surface area contributed by atoms with Crippen LogP contribution in [0.2, 0.25) is 0 Å². The molecule has 0 radical (unpaired) electrons. The zero-order chi connectivity index (χ0) is 15.4. The Balaban J connectivity index is 1.61. The predicted molar refractivity (Wildman–Crippen MR) is 85.4 cm³/mol. The van der Waals surface area contributed by atoms with Gasteiger partial charge in [0.2, 0.25) is 5.91 Å². The molecule has 1 aliphatic heterocycles. The number of carbonyl (C=O) groups excluding carboxylic acids is 1. The highest BCUT2D eigenvalue weighted by atomic mass is 16.1. The first-order valence-corrected chi connectivity index (χ1v) is 8.54. The van der Waals surface area contributed by atoms with Crippen LogP contribution in [0, 0.1) is 0 Å². The van der Waals surface area contributed by atoms with E-state index in [2.05, 4.69) is 27.1 Å². The zero-order valence-electron chi connectivity index (χ0n) is 13.4. The minimum Gasteiger partial charge on any atom is -0.355 e. The van der Waals surface area contributed by atoms with Crippen molar-refractivity contribution in [3.63, 3.8) is 0 Å². The van der Waals surface area contributed by atoms with Crippen LogP contribution in [0.5, 0.6) is 0 Å². The van der Waals surface area contributed by atoms with Gasteiger partial charge in [-0.2, -0.15) is 0 Å². The van der Waals surface area contributed by atoms with E-state index in [1.165, 1.54) is 32.1 Å². The fraction of sp³-hybridized carbons (Fsp3) is 0.706. The van der Waals surface area contributed by atoms with Crippen molar-refractivity contribution < 1.29 is 4.79 Å². The Bertz CT molecular complexity index is 496. The molecule has 0 unspecified atom stereocenters. The molecule has 1 saturated heterocycles. The molecule has 22 heavy (non-hydrogen) atoms. The van der Waals surface area contributed by atoms with E-state index in [1.54, 1.807) is 0 Å². The van der Waals surface area contributed by atoms with E-state index in [0.717, 1.165) is 31.0 Å². The van der Waals surface area contributed by atoms with Crippen molar-refractivity contribution in [3.05, 3.63) is 23.8 Å². The standard InChI is InChI=1S/C17H26N4O/c1-13-9-18-16(22)7-8-21(13)12-14-10-19-17(20-11-14)15-5-3-2-4-6-15/h10-11,13,15H,2-9,12H2,1H3,(H,18,22)/t13-/m1/s1. The van der Waals surface area contributed by atoms with Gasteiger partial charge in [-0.15, -0.1) is 0 Å². The summed E-state index contributed by atoms with van der Waals surface area (Å²) in [6.07, 6.45) is 11.0. The summed E-state index contributed by atoms with van der Waals surface area (Å²) in [4.78, 5) is 23.0. The molecule has 1 aliphatic carbocycles. The van der Waals surface area contributed by atoms with Gasteiger partial charge in [-0.3, -0.25) is 9.69 Å². The molecular weight excluding hydrogens is 276 g/mol. The van der Waals surface area contributed by atoms with Gasteiger partial charge in [0, 0.05) is 56.0 Å². The van der Waals surface area contributed by atoms with Gasteiger partial charge < -0.3 is 5.32 Å². The molecule has 0 spiro atoms. The Morgan fingerprint density at radius 2 is 1.95 bits per heavy atom. The number of carbonyl (C=O) groups is 1. The molecule has 5 nitrogen and oxygen atoms in total. The van der Waals surface area contributed by atoms with Crippen LogP contribution in [0.4, 0.5) is 0 Å². The maximum Gasteiger partial charge on any atom is 0.221 e. The van der Waals surface area contributed by atoms with Crippen molar-refractivity contribution in [2.75, 3.05) is 13.1 Å². The van der Waals surface area contributed by atoms with Crippen LogP contribution in [-0.4, -0.2) is 39.9 Å². The van der Waals surface area contributed by atoms with Crippen LogP contribution in [0.15, 0.2) is 12.4 Å². The number of nitrogens with one attached hydrogen (secondary N) is 1. The van der Waals surface area contributed by atoms with Gasteiger partial charge in [0.05, 0.1) is 0 Å². The largest absolute Gasteiger partial charge is 0.355 e. The summed E-state index contributed by atoms with van der Waals surface area (Å²) in [7, 11) is 0. The molecule has 3 rings (SSSR count). The molecule has 2 fully saturated rings. The van der Waals surface area contributed by atoms with Crippen molar-refractivity contribution in [2.24, 2.45) is 0 Å². The molecule has 1 saturated carbocycles. The summed E-state index contributed by atoms with van der Waals surface area (Å²) in [6.45, 7) is 4.50. The normalized spacial score (nSPS) is 24.8. The summed E-state index contributed by atoms with van der Waals surface area (Å²) >= 11 is 0. The summed E-state index contributed by atoms with van der Waals surface area (Å²) in [5, 5.41) is 2.95. The van der Waals surface area contributed by atoms with Crippen molar-refractivity contribution in [2.45, 2.75) is 64.0 Å². The monoisotopic (exact) mass is 302 g/mol. The predicted octanol–water partition coefficient (Wildman–Crippen LogP) is 2.23. The first kappa shape index (κ1) is 15.4. The van der Waals surface area contributed by atoms with Crippen LogP contribution in [0.1, 0.15) is 62.8 Å². The van der Waals surface area contributed by atoms with Gasteiger partial charge in [-0.25, -0.2) is 9.97 Å². The number of aromatic nitrogens is 2. The molecule has 1 amide bonds. The Hall–Kier alpha value is -1.49. The van der Waals surface area contributed by atoms with E-state index in [-0.39, 0.29) is 5.91 Å². The lowest BCUT2D eigenvalue weighted by atomic mass is 9.89. The molecule has 120 valence electrons. The molecule has 2 aliphatic rings. The van der Waals surface area contributed by atoms with Crippen molar-refractivity contribution in [1.29, 1.82) is 0 Å². The molecular formula is C17H26N4O. The third-order valence-electron chi connectivity index (χ3n) is 4.93.